The van der Waals surface area contributed by atoms with Crippen molar-refractivity contribution in [2.75, 3.05) is 0 Å². The Morgan fingerprint density at radius 1 is 1.89 bits per heavy atom. The van der Waals surface area contributed by atoms with Crippen LogP contribution in [0.5, 0.6) is 0 Å². The highest BCUT2D eigenvalue weighted by Crippen LogP contribution is 1.98. The van der Waals surface area contributed by atoms with Crippen molar-refractivity contribution in [3.63, 3.8) is 0 Å². The Balaban J connectivity index is 3.99. The topological polar surface area (TPSA) is 80.4 Å². The van der Waals surface area contributed by atoms with Gasteiger partial charge in [-0.15, -0.1) is 0 Å². The van der Waals surface area contributed by atoms with Gasteiger partial charge in [0, 0.05) is 11.3 Å². The lowest BCUT2D eigenvalue weighted by Gasteiger charge is -1.98. The molecule has 0 fully saturated rings. The molecular weight excluding hydrogens is 146 g/mol. The van der Waals surface area contributed by atoms with E-state index in [0.717, 1.165) is 0 Å². The van der Waals surface area contributed by atoms with E-state index in [4.69, 9.17) is 4.55 Å². The second-order valence-corrected chi connectivity index (χ2v) is 2.52. The van der Waals surface area contributed by atoms with Crippen LogP contribution in [0.4, 0.5) is 0 Å². The monoisotopic (exact) mass is 153 g/mol. The SMILES string of the molecule is CCC([N+](=O)[O-])S(=O)O. The molecule has 6 heteroatoms. The zero-order valence-electron chi connectivity index (χ0n) is 4.81. The van der Waals surface area contributed by atoms with Gasteiger partial charge < -0.3 is 4.55 Å². The molecule has 1 N–H and O–H groups in total. The molecule has 5 nitrogen and oxygen atoms in total. The van der Waals surface area contributed by atoms with Gasteiger partial charge in [0.25, 0.3) is 0 Å². The fraction of sp³-hybridized carbons (Fsp3) is 1.00. The summed E-state index contributed by atoms with van der Waals surface area (Å²) < 4.78 is 18.3. The van der Waals surface area contributed by atoms with E-state index in [-0.39, 0.29) is 6.42 Å². The molecule has 0 aliphatic rings. The highest BCUT2D eigenvalue weighted by atomic mass is 32.2. The molecule has 0 spiro atoms. The summed E-state index contributed by atoms with van der Waals surface area (Å²) >= 11 is -2.33. The van der Waals surface area contributed by atoms with Gasteiger partial charge in [-0.25, -0.2) is 4.21 Å². The lowest BCUT2D eigenvalue weighted by molar-refractivity contribution is -0.497. The van der Waals surface area contributed by atoms with Gasteiger partial charge in [0.05, 0.1) is 0 Å². The van der Waals surface area contributed by atoms with E-state index < -0.39 is 21.4 Å². The molecule has 0 saturated heterocycles. The average Bonchev–Trinajstić information content (AvgIpc) is 1.64. The summed E-state index contributed by atoms with van der Waals surface area (Å²) in [6, 6.07) is 0. The van der Waals surface area contributed by atoms with E-state index in [2.05, 4.69) is 0 Å². The number of nitrogens with zero attached hydrogens (tertiary/aromatic N) is 1. The van der Waals surface area contributed by atoms with Gasteiger partial charge in [-0.2, -0.15) is 0 Å². The Kier molecular flexibility index (Phi) is 3.33. The first-order chi connectivity index (χ1) is 4.09. The Labute approximate surface area is 54.5 Å². The third kappa shape index (κ3) is 2.52. The smallest absolute Gasteiger partial charge is 0.301 e. The summed E-state index contributed by atoms with van der Waals surface area (Å²) in [6.45, 7) is 1.49. The van der Waals surface area contributed by atoms with Crippen molar-refractivity contribution in [2.45, 2.75) is 18.7 Å². The molecule has 0 saturated carbocycles. The van der Waals surface area contributed by atoms with Crippen LogP contribution in [0.1, 0.15) is 13.3 Å². The number of nitro groups is 1. The van der Waals surface area contributed by atoms with Crippen molar-refractivity contribution in [1.29, 1.82) is 0 Å². The standard InChI is InChI=1S/C3H7NO4S/c1-2-3(4(5)6)9(7)8/h3H,2H2,1H3,(H,7,8). The summed E-state index contributed by atoms with van der Waals surface area (Å²) in [5.74, 6) is 0. The van der Waals surface area contributed by atoms with Crippen molar-refractivity contribution in [1.82, 2.24) is 0 Å². The largest absolute Gasteiger partial charge is 0.309 e. The molecule has 0 aliphatic carbocycles. The first kappa shape index (κ1) is 8.51. The minimum Gasteiger partial charge on any atom is -0.301 e. The van der Waals surface area contributed by atoms with Gasteiger partial charge >= 0.3 is 5.37 Å². The second-order valence-electron chi connectivity index (χ2n) is 1.42. The number of hydrogen-bond donors (Lipinski definition) is 1. The van der Waals surface area contributed by atoms with Crippen LogP contribution in [0.15, 0.2) is 0 Å². The normalized spacial score (nSPS) is 16.7. The molecule has 0 aromatic heterocycles. The molecule has 0 aromatic carbocycles. The summed E-state index contributed by atoms with van der Waals surface area (Å²) in [5.41, 5.74) is 0. The third-order valence-corrected chi connectivity index (χ3v) is 1.79. The van der Waals surface area contributed by atoms with Crippen molar-refractivity contribution in [2.24, 2.45) is 0 Å². The molecule has 0 radical (unpaired) electrons. The van der Waals surface area contributed by atoms with E-state index in [1.165, 1.54) is 6.92 Å². The Hall–Kier alpha value is -0.490. The van der Waals surface area contributed by atoms with Gasteiger partial charge in [-0.05, 0) is 0 Å². The number of rotatable bonds is 3. The number of hydrogen-bond acceptors (Lipinski definition) is 3. The molecule has 0 rings (SSSR count). The van der Waals surface area contributed by atoms with Gasteiger partial charge in [0.15, 0.2) is 0 Å². The Bertz CT molecular complexity index is 122. The first-order valence-corrected chi connectivity index (χ1v) is 3.49. The summed E-state index contributed by atoms with van der Waals surface area (Å²) in [7, 11) is 0. The predicted octanol–water partition coefficient (Wildman–Crippen LogP) is 0.221. The van der Waals surface area contributed by atoms with Crippen LogP contribution in [-0.2, 0) is 11.1 Å². The van der Waals surface area contributed by atoms with Crippen molar-refractivity contribution >= 4 is 11.1 Å². The quantitative estimate of drug-likeness (QED) is 0.357. The maximum Gasteiger partial charge on any atom is 0.309 e. The van der Waals surface area contributed by atoms with E-state index in [1.807, 2.05) is 0 Å². The fourth-order valence-electron chi connectivity index (χ4n) is 0.365. The van der Waals surface area contributed by atoms with E-state index in [9.17, 15) is 14.3 Å². The zero-order valence-corrected chi connectivity index (χ0v) is 5.63. The van der Waals surface area contributed by atoms with E-state index >= 15 is 0 Å². The van der Waals surface area contributed by atoms with Crippen LogP contribution in [0.3, 0.4) is 0 Å². The Morgan fingerprint density at radius 2 is 2.33 bits per heavy atom. The molecule has 0 amide bonds. The van der Waals surface area contributed by atoms with Crippen LogP contribution in [0.2, 0.25) is 0 Å². The summed E-state index contributed by atoms with van der Waals surface area (Å²) in [5, 5.41) is 8.50. The lowest BCUT2D eigenvalue weighted by Crippen LogP contribution is -2.23. The molecule has 2 atom stereocenters. The lowest BCUT2D eigenvalue weighted by atomic mass is 10.5. The van der Waals surface area contributed by atoms with Gasteiger partial charge in [0.2, 0.25) is 11.1 Å². The molecule has 0 heterocycles. The van der Waals surface area contributed by atoms with Crippen LogP contribution in [-0.4, -0.2) is 19.1 Å². The molecule has 0 aliphatic heterocycles. The van der Waals surface area contributed by atoms with E-state index in [0.29, 0.717) is 0 Å². The van der Waals surface area contributed by atoms with Crippen LogP contribution >= 0.6 is 0 Å². The maximum absolute atomic E-state index is 10.0. The Morgan fingerprint density at radius 3 is 2.33 bits per heavy atom. The highest BCUT2D eigenvalue weighted by molar-refractivity contribution is 7.79. The molecule has 2 unspecified atom stereocenters. The molecule has 0 bridgehead atoms. The van der Waals surface area contributed by atoms with Crippen molar-refractivity contribution < 1.29 is 13.7 Å². The van der Waals surface area contributed by atoms with Gasteiger partial charge in [-0.1, -0.05) is 6.92 Å². The minimum atomic E-state index is -2.33. The van der Waals surface area contributed by atoms with Crippen LogP contribution in [0, 0.1) is 10.1 Å². The fourth-order valence-corrected chi connectivity index (χ4v) is 0.798. The highest BCUT2D eigenvalue weighted by Gasteiger charge is 2.23. The van der Waals surface area contributed by atoms with Crippen molar-refractivity contribution in [3.8, 4) is 0 Å². The van der Waals surface area contributed by atoms with Crippen LogP contribution < -0.4 is 0 Å². The first-order valence-electron chi connectivity index (χ1n) is 2.32. The van der Waals surface area contributed by atoms with Gasteiger partial charge in [0.1, 0.15) is 0 Å². The summed E-state index contributed by atoms with van der Waals surface area (Å²) in [6.07, 6.45) is 0.0795. The zero-order chi connectivity index (χ0) is 7.44. The van der Waals surface area contributed by atoms with Crippen molar-refractivity contribution in [3.05, 3.63) is 10.1 Å². The van der Waals surface area contributed by atoms with Crippen LogP contribution in [0.25, 0.3) is 0 Å². The average molecular weight is 153 g/mol. The van der Waals surface area contributed by atoms with Gasteiger partial charge in [-0.3, -0.25) is 10.1 Å². The van der Waals surface area contributed by atoms with E-state index in [1.54, 1.807) is 0 Å². The maximum atomic E-state index is 10.0. The minimum absolute atomic E-state index is 0.0795. The molecular formula is C3H7NO4S. The predicted molar refractivity (Wildman–Crippen MR) is 31.8 cm³/mol. The third-order valence-electron chi connectivity index (χ3n) is 0.817. The molecule has 9 heavy (non-hydrogen) atoms. The summed E-state index contributed by atoms with van der Waals surface area (Å²) in [4.78, 5) is 9.07. The molecule has 0 aromatic rings. The second kappa shape index (κ2) is 3.52. The molecule has 54 valence electrons.